The second-order valence-electron chi connectivity index (χ2n) is 4.23. The molecule has 0 aromatic heterocycles. The van der Waals surface area contributed by atoms with E-state index in [9.17, 15) is 24.9 Å². The Morgan fingerprint density at radius 3 is 2.21 bits per heavy atom. The number of ether oxygens (including phenoxy) is 2. The summed E-state index contributed by atoms with van der Waals surface area (Å²) < 4.78 is 10.0. The minimum Gasteiger partial charge on any atom is -0.387 e. The van der Waals surface area contributed by atoms with Gasteiger partial charge >= 0.3 is 0 Å². The molecule has 1 heterocycles. The van der Waals surface area contributed by atoms with Gasteiger partial charge in [0.2, 0.25) is 11.8 Å². The lowest BCUT2D eigenvalue weighted by atomic mass is 9.98. The topological polar surface area (TPSA) is 165 Å². The molecule has 7 N–H and O–H groups in total. The first-order valence-electron chi connectivity index (χ1n) is 5.73. The Bertz CT molecular complexity index is 349. The van der Waals surface area contributed by atoms with Crippen LogP contribution >= 0.6 is 0 Å². The lowest BCUT2D eigenvalue weighted by Crippen LogP contribution is -2.62. The number of rotatable bonds is 5. The first kappa shape index (κ1) is 15.8. The first-order chi connectivity index (χ1) is 8.79. The highest BCUT2D eigenvalue weighted by Gasteiger charge is 2.47. The summed E-state index contributed by atoms with van der Waals surface area (Å²) in [5, 5.41) is 28.8. The van der Waals surface area contributed by atoms with Gasteiger partial charge in [0.25, 0.3) is 0 Å². The molecule has 2 amide bonds. The van der Waals surface area contributed by atoms with E-state index in [1.54, 1.807) is 6.92 Å². The molecule has 0 radical (unpaired) electrons. The van der Waals surface area contributed by atoms with Gasteiger partial charge in [0.15, 0.2) is 12.4 Å². The number of aliphatic hydroxyl groups is 3. The monoisotopic (exact) mass is 278 g/mol. The molecule has 1 rings (SSSR count). The average molecular weight is 278 g/mol. The van der Waals surface area contributed by atoms with E-state index in [2.05, 4.69) is 0 Å². The zero-order chi connectivity index (χ0) is 14.7. The molecule has 9 nitrogen and oxygen atoms in total. The lowest BCUT2D eigenvalue weighted by molar-refractivity contribution is -0.298. The molecule has 3 unspecified atom stereocenters. The van der Waals surface area contributed by atoms with E-state index in [4.69, 9.17) is 20.9 Å². The molecule has 110 valence electrons. The van der Waals surface area contributed by atoms with Gasteiger partial charge in [-0.05, 0) is 6.42 Å². The van der Waals surface area contributed by atoms with Gasteiger partial charge in [0.1, 0.15) is 24.4 Å². The molecule has 0 aromatic carbocycles. The van der Waals surface area contributed by atoms with Crippen LogP contribution in [0, 0.1) is 0 Å². The smallest absolute Gasteiger partial charge is 0.249 e. The van der Waals surface area contributed by atoms with E-state index >= 15 is 0 Å². The fourth-order valence-electron chi connectivity index (χ4n) is 1.72. The molecule has 0 spiro atoms. The van der Waals surface area contributed by atoms with Crippen molar-refractivity contribution in [3.63, 3.8) is 0 Å². The normalized spacial score (nSPS) is 36.7. The van der Waals surface area contributed by atoms with Crippen LogP contribution in [0.5, 0.6) is 0 Å². The Kier molecular flexibility index (Phi) is 5.20. The Morgan fingerprint density at radius 2 is 1.79 bits per heavy atom. The predicted molar refractivity (Wildman–Crippen MR) is 60.2 cm³/mol. The number of carbonyl (C=O) groups is 2. The molecule has 0 saturated carbocycles. The van der Waals surface area contributed by atoms with E-state index in [1.165, 1.54) is 0 Å². The summed E-state index contributed by atoms with van der Waals surface area (Å²) in [5.74, 6) is -1.81. The molecule has 0 aliphatic carbocycles. The van der Waals surface area contributed by atoms with Crippen LogP contribution in [0.25, 0.3) is 0 Å². The van der Waals surface area contributed by atoms with Crippen molar-refractivity contribution in [1.29, 1.82) is 0 Å². The Labute approximate surface area is 109 Å². The molecule has 1 saturated heterocycles. The lowest BCUT2D eigenvalue weighted by Gasteiger charge is -2.39. The average Bonchev–Trinajstić information content (AvgIpc) is 2.34. The van der Waals surface area contributed by atoms with Crippen molar-refractivity contribution in [3.8, 4) is 0 Å². The highest BCUT2D eigenvalue weighted by Crippen LogP contribution is 2.23. The van der Waals surface area contributed by atoms with Crippen LogP contribution in [-0.4, -0.2) is 63.9 Å². The number of aliphatic hydroxyl groups excluding tert-OH is 3. The number of amides is 2. The van der Waals surface area contributed by atoms with E-state index in [-0.39, 0.29) is 6.42 Å². The van der Waals surface area contributed by atoms with Gasteiger partial charge in [0, 0.05) is 0 Å². The summed E-state index contributed by atoms with van der Waals surface area (Å²) in [6, 6.07) is 0. The van der Waals surface area contributed by atoms with Crippen LogP contribution in [0.4, 0.5) is 0 Å². The van der Waals surface area contributed by atoms with E-state index in [0.717, 1.165) is 0 Å². The molecular weight excluding hydrogens is 260 g/mol. The standard InChI is InChI=1S/C10H18N2O7/c1-2-3(8(11)16)18-10-6(15)4(13)5(14)7(19-10)9(12)17/h3-7,10,13-15H,2H2,1H3,(H2,11,16)(H2,12,17)/t3?,4?,5-,6+,7?,10+/m0/s1. The molecule has 0 bridgehead atoms. The molecular formula is C10H18N2O7. The van der Waals surface area contributed by atoms with Crippen LogP contribution in [0.15, 0.2) is 0 Å². The number of hydrogen-bond acceptors (Lipinski definition) is 7. The molecule has 9 heteroatoms. The van der Waals surface area contributed by atoms with Gasteiger partial charge in [0.05, 0.1) is 0 Å². The minimum absolute atomic E-state index is 0.210. The van der Waals surface area contributed by atoms with Gasteiger partial charge in [-0.3, -0.25) is 9.59 Å². The molecule has 1 fully saturated rings. The van der Waals surface area contributed by atoms with Crippen molar-refractivity contribution < 1.29 is 34.4 Å². The summed E-state index contributed by atoms with van der Waals surface area (Å²) >= 11 is 0. The van der Waals surface area contributed by atoms with Gasteiger partial charge in [-0.15, -0.1) is 0 Å². The van der Waals surface area contributed by atoms with Gasteiger partial charge < -0.3 is 36.3 Å². The third kappa shape index (κ3) is 3.39. The summed E-state index contributed by atoms with van der Waals surface area (Å²) in [7, 11) is 0. The third-order valence-corrected chi connectivity index (χ3v) is 2.84. The first-order valence-corrected chi connectivity index (χ1v) is 5.73. The molecule has 0 aromatic rings. The van der Waals surface area contributed by atoms with Crippen molar-refractivity contribution in [3.05, 3.63) is 0 Å². The van der Waals surface area contributed by atoms with E-state index in [1.807, 2.05) is 0 Å². The zero-order valence-electron chi connectivity index (χ0n) is 10.3. The van der Waals surface area contributed by atoms with Crippen molar-refractivity contribution in [2.45, 2.75) is 50.2 Å². The fourth-order valence-corrected chi connectivity index (χ4v) is 1.72. The molecule has 1 aliphatic rings. The van der Waals surface area contributed by atoms with Crippen molar-refractivity contribution in [2.24, 2.45) is 11.5 Å². The van der Waals surface area contributed by atoms with Crippen LogP contribution in [0.3, 0.4) is 0 Å². The van der Waals surface area contributed by atoms with E-state index in [0.29, 0.717) is 0 Å². The van der Waals surface area contributed by atoms with E-state index < -0.39 is 48.6 Å². The molecule has 1 aliphatic heterocycles. The second kappa shape index (κ2) is 6.26. The van der Waals surface area contributed by atoms with Crippen molar-refractivity contribution in [1.82, 2.24) is 0 Å². The number of nitrogens with two attached hydrogens (primary N) is 2. The Balaban J connectivity index is 2.82. The number of carbonyl (C=O) groups excluding carboxylic acids is 2. The third-order valence-electron chi connectivity index (χ3n) is 2.84. The summed E-state index contributed by atoms with van der Waals surface area (Å²) in [4.78, 5) is 22.1. The van der Waals surface area contributed by atoms with Gasteiger partial charge in [-0.1, -0.05) is 6.92 Å². The maximum absolute atomic E-state index is 11.0. The Hall–Kier alpha value is -1.26. The maximum Gasteiger partial charge on any atom is 0.249 e. The zero-order valence-corrected chi connectivity index (χ0v) is 10.3. The summed E-state index contributed by atoms with van der Waals surface area (Å²) in [6.45, 7) is 1.61. The van der Waals surface area contributed by atoms with Crippen LogP contribution in [-0.2, 0) is 19.1 Å². The summed E-state index contributed by atoms with van der Waals surface area (Å²) in [6.07, 6.45) is -8.90. The Morgan fingerprint density at radius 1 is 1.21 bits per heavy atom. The second-order valence-corrected chi connectivity index (χ2v) is 4.23. The predicted octanol–water partition coefficient (Wildman–Crippen LogP) is -3.44. The maximum atomic E-state index is 11.0. The SMILES string of the molecule is CCC(O[C@@H]1OC(C(N)=O)[C@@H](O)C(O)[C@H]1O)C(N)=O. The number of primary amides is 2. The largest absolute Gasteiger partial charge is 0.387 e. The quantitative estimate of drug-likeness (QED) is 0.349. The van der Waals surface area contributed by atoms with Crippen LogP contribution in [0.2, 0.25) is 0 Å². The van der Waals surface area contributed by atoms with Crippen LogP contribution < -0.4 is 11.5 Å². The molecule has 6 atom stereocenters. The van der Waals surface area contributed by atoms with Gasteiger partial charge in [-0.25, -0.2) is 0 Å². The summed E-state index contributed by atoms with van der Waals surface area (Å²) in [5.41, 5.74) is 10.0. The van der Waals surface area contributed by atoms with Crippen molar-refractivity contribution >= 4 is 11.8 Å². The minimum atomic E-state index is -1.69. The molecule has 19 heavy (non-hydrogen) atoms. The van der Waals surface area contributed by atoms with Crippen LogP contribution in [0.1, 0.15) is 13.3 Å². The van der Waals surface area contributed by atoms with Crippen molar-refractivity contribution in [2.75, 3.05) is 0 Å². The highest BCUT2D eigenvalue weighted by atomic mass is 16.7. The van der Waals surface area contributed by atoms with Gasteiger partial charge in [-0.2, -0.15) is 0 Å². The number of hydrogen-bond donors (Lipinski definition) is 5. The highest BCUT2D eigenvalue weighted by molar-refractivity contribution is 5.80. The fraction of sp³-hybridized carbons (Fsp3) is 0.800.